The molecule has 0 saturated heterocycles. The van der Waals surface area contributed by atoms with Gasteiger partial charge in [-0.3, -0.25) is 0 Å². The quantitative estimate of drug-likeness (QED) is 0.151. The summed E-state index contributed by atoms with van der Waals surface area (Å²) in [7, 11) is 0. The Morgan fingerprint density at radius 2 is 0.684 bits per heavy atom. The Kier molecular flexibility index (Phi) is 8.95. The van der Waals surface area contributed by atoms with Crippen LogP contribution in [0.2, 0.25) is 0 Å². The first-order valence-electron chi connectivity index (χ1n) is 19.6. The maximum absolute atomic E-state index is 2.40. The summed E-state index contributed by atoms with van der Waals surface area (Å²) in [5.74, 6) is 0. The van der Waals surface area contributed by atoms with Crippen LogP contribution in [0, 0.1) is 0 Å². The van der Waals surface area contributed by atoms with Gasteiger partial charge < -0.3 is 4.90 Å². The zero-order valence-electron chi connectivity index (χ0n) is 31.5. The number of benzene rings is 10. The molecular formula is C56H39N. The molecule has 0 radical (unpaired) electrons. The van der Waals surface area contributed by atoms with Crippen LogP contribution in [-0.4, -0.2) is 0 Å². The molecule has 0 aromatic heterocycles. The van der Waals surface area contributed by atoms with Crippen LogP contribution < -0.4 is 4.90 Å². The highest BCUT2D eigenvalue weighted by Crippen LogP contribution is 2.44. The highest BCUT2D eigenvalue weighted by atomic mass is 15.1. The van der Waals surface area contributed by atoms with E-state index in [1.54, 1.807) is 0 Å². The highest BCUT2D eigenvalue weighted by Gasteiger charge is 2.18. The number of rotatable bonds is 8. The van der Waals surface area contributed by atoms with Gasteiger partial charge in [-0.25, -0.2) is 0 Å². The Morgan fingerprint density at radius 3 is 1.37 bits per heavy atom. The fourth-order valence-corrected chi connectivity index (χ4v) is 8.32. The van der Waals surface area contributed by atoms with Gasteiger partial charge in [-0.05, 0) is 108 Å². The summed E-state index contributed by atoms with van der Waals surface area (Å²) in [5, 5.41) is 4.91. The molecule has 0 fully saturated rings. The molecule has 1 heteroatoms. The summed E-state index contributed by atoms with van der Waals surface area (Å²) < 4.78 is 0. The van der Waals surface area contributed by atoms with E-state index in [1.165, 1.54) is 77.2 Å². The van der Waals surface area contributed by atoms with Crippen LogP contribution in [0.25, 0.3) is 77.2 Å². The largest absolute Gasteiger partial charge is 0.310 e. The average Bonchev–Trinajstić information content (AvgIpc) is 3.30. The van der Waals surface area contributed by atoms with Gasteiger partial charge in [0.2, 0.25) is 0 Å². The van der Waals surface area contributed by atoms with Crippen molar-refractivity contribution in [3.63, 3.8) is 0 Å². The van der Waals surface area contributed by atoms with Gasteiger partial charge >= 0.3 is 0 Å². The van der Waals surface area contributed by atoms with Crippen LogP contribution in [0.4, 0.5) is 17.1 Å². The van der Waals surface area contributed by atoms with Crippen LogP contribution in [0.15, 0.2) is 237 Å². The lowest BCUT2D eigenvalue weighted by atomic mass is 9.87. The molecule has 0 saturated carbocycles. The molecule has 268 valence electrons. The summed E-state index contributed by atoms with van der Waals surface area (Å²) >= 11 is 0. The Labute approximate surface area is 334 Å². The highest BCUT2D eigenvalue weighted by molar-refractivity contribution is 6.00. The number of nitrogens with zero attached hydrogens (tertiary/aromatic N) is 1. The first-order chi connectivity index (χ1) is 28.3. The van der Waals surface area contributed by atoms with E-state index in [-0.39, 0.29) is 0 Å². The van der Waals surface area contributed by atoms with Crippen molar-refractivity contribution < 1.29 is 0 Å². The van der Waals surface area contributed by atoms with Gasteiger partial charge in [-0.2, -0.15) is 0 Å². The lowest BCUT2D eigenvalue weighted by molar-refractivity contribution is 1.30. The van der Waals surface area contributed by atoms with Crippen molar-refractivity contribution in [3.8, 4) is 55.6 Å². The molecule has 0 atom stereocenters. The van der Waals surface area contributed by atoms with Crippen LogP contribution in [0.3, 0.4) is 0 Å². The molecule has 0 aliphatic carbocycles. The zero-order chi connectivity index (χ0) is 38.0. The SMILES string of the molecule is c1ccc(-c2ccccc2-c2ccccc2-c2ccccc2-c2ccc(N(c3cccc(-c4ccc5ccccc5c4)c3)c3cccc4ccccc34)cc2)cc1. The Hall–Kier alpha value is -7.48. The topological polar surface area (TPSA) is 3.24 Å². The second-order valence-electron chi connectivity index (χ2n) is 14.5. The maximum atomic E-state index is 2.40. The van der Waals surface area contributed by atoms with Crippen LogP contribution >= 0.6 is 0 Å². The predicted octanol–water partition coefficient (Wildman–Crippen LogP) is 15.8. The van der Waals surface area contributed by atoms with E-state index in [4.69, 9.17) is 0 Å². The second kappa shape index (κ2) is 15.0. The molecule has 0 bridgehead atoms. The summed E-state index contributed by atoms with van der Waals surface area (Å²) in [4.78, 5) is 2.40. The van der Waals surface area contributed by atoms with E-state index >= 15 is 0 Å². The van der Waals surface area contributed by atoms with Gasteiger partial charge in [0.05, 0.1) is 5.69 Å². The van der Waals surface area contributed by atoms with E-state index in [0.717, 1.165) is 17.1 Å². The van der Waals surface area contributed by atoms with Crippen LogP contribution in [0.1, 0.15) is 0 Å². The Morgan fingerprint density at radius 1 is 0.228 bits per heavy atom. The third kappa shape index (κ3) is 6.56. The van der Waals surface area contributed by atoms with E-state index in [9.17, 15) is 0 Å². The van der Waals surface area contributed by atoms with Crippen molar-refractivity contribution in [1.29, 1.82) is 0 Å². The molecule has 0 amide bonds. The predicted molar refractivity (Wildman–Crippen MR) is 243 cm³/mol. The fraction of sp³-hybridized carbons (Fsp3) is 0. The van der Waals surface area contributed by atoms with Crippen molar-refractivity contribution in [2.24, 2.45) is 0 Å². The number of anilines is 3. The molecule has 0 N–H and O–H groups in total. The van der Waals surface area contributed by atoms with E-state index in [2.05, 4.69) is 241 Å². The molecule has 10 aromatic carbocycles. The molecule has 10 rings (SSSR count). The van der Waals surface area contributed by atoms with Crippen molar-refractivity contribution in [3.05, 3.63) is 237 Å². The number of fused-ring (bicyclic) bond motifs is 2. The van der Waals surface area contributed by atoms with Crippen LogP contribution in [0.5, 0.6) is 0 Å². The van der Waals surface area contributed by atoms with Gasteiger partial charge in [0, 0.05) is 16.8 Å². The van der Waals surface area contributed by atoms with Gasteiger partial charge in [0.1, 0.15) is 0 Å². The molecule has 1 nitrogen and oxygen atoms in total. The Bertz CT molecular complexity index is 3010. The molecule has 57 heavy (non-hydrogen) atoms. The summed E-state index contributed by atoms with van der Waals surface area (Å²) in [6, 6.07) is 85.6. The van der Waals surface area contributed by atoms with Crippen molar-refractivity contribution >= 4 is 38.6 Å². The molecule has 0 heterocycles. The molecular weight excluding hydrogens is 687 g/mol. The monoisotopic (exact) mass is 725 g/mol. The van der Waals surface area contributed by atoms with Crippen molar-refractivity contribution in [2.75, 3.05) is 4.90 Å². The van der Waals surface area contributed by atoms with E-state index in [1.807, 2.05) is 0 Å². The molecule has 10 aromatic rings. The molecule has 0 aliphatic heterocycles. The van der Waals surface area contributed by atoms with E-state index in [0.29, 0.717) is 0 Å². The first-order valence-corrected chi connectivity index (χ1v) is 19.6. The van der Waals surface area contributed by atoms with Crippen molar-refractivity contribution in [2.45, 2.75) is 0 Å². The maximum Gasteiger partial charge on any atom is 0.0540 e. The van der Waals surface area contributed by atoms with Gasteiger partial charge in [-0.1, -0.05) is 200 Å². The smallest absolute Gasteiger partial charge is 0.0540 e. The average molecular weight is 726 g/mol. The van der Waals surface area contributed by atoms with E-state index < -0.39 is 0 Å². The van der Waals surface area contributed by atoms with Gasteiger partial charge in [-0.15, -0.1) is 0 Å². The lowest BCUT2D eigenvalue weighted by Gasteiger charge is -2.27. The third-order valence-electron chi connectivity index (χ3n) is 11.1. The van der Waals surface area contributed by atoms with Gasteiger partial charge in [0.25, 0.3) is 0 Å². The zero-order valence-corrected chi connectivity index (χ0v) is 31.5. The third-order valence-corrected chi connectivity index (χ3v) is 11.1. The molecule has 0 aliphatic rings. The minimum Gasteiger partial charge on any atom is -0.310 e. The molecule has 0 unspecified atom stereocenters. The first kappa shape index (κ1) is 34.0. The number of hydrogen-bond donors (Lipinski definition) is 0. The summed E-state index contributed by atoms with van der Waals surface area (Å²) in [5.41, 5.74) is 15.4. The summed E-state index contributed by atoms with van der Waals surface area (Å²) in [6.45, 7) is 0. The summed E-state index contributed by atoms with van der Waals surface area (Å²) in [6.07, 6.45) is 0. The van der Waals surface area contributed by atoms with Crippen LogP contribution in [-0.2, 0) is 0 Å². The molecule has 0 spiro atoms. The minimum absolute atomic E-state index is 1.10. The lowest BCUT2D eigenvalue weighted by Crippen LogP contribution is -2.10. The fourth-order valence-electron chi connectivity index (χ4n) is 8.32. The standard InChI is InChI=1S/C56H39N/c1-2-17-41(18-3-1)49-24-8-10-27-52(49)54-29-12-13-30-55(54)53-28-11-9-25-50(53)43-34-36-47(37-35-43)57(56-31-15-21-42-19-6-7-26-51(42)56)48-23-14-22-45(39-48)46-33-32-40-16-4-5-20-44(40)38-46/h1-39H. The van der Waals surface area contributed by atoms with Gasteiger partial charge in [0.15, 0.2) is 0 Å². The minimum atomic E-state index is 1.10. The normalized spacial score (nSPS) is 11.2. The number of hydrogen-bond acceptors (Lipinski definition) is 1. The Balaban J connectivity index is 1.08. The van der Waals surface area contributed by atoms with Crippen molar-refractivity contribution in [1.82, 2.24) is 0 Å². The second-order valence-corrected chi connectivity index (χ2v) is 14.5.